The van der Waals surface area contributed by atoms with E-state index in [2.05, 4.69) is 27.4 Å². The van der Waals surface area contributed by atoms with E-state index in [0.29, 0.717) is 5.57 Å². The Labute approximate surface area is 105 Å². The van der Waals surface area contributed by atoms with Crippen molar-refractivity contribution in [1.29, 1.82) is 0 Å². The quantitative estimate of drug-likeness (QED) is 0.546. The highest BCUT2D eigenvalue weighted by Gasteiger charge is 2.47. The van der Waals surface area contributed by atoms with Crippen molar-refractivity contribution in [1.82, 2.24) is 0 Å². The summed E-state index contributed by atoms with van der Waals surface area (Å²) in [6, 6.07) is 0. The van der Waals surface area contributed by atoms with Gasteiger partial charge in [0.15, 0.2) is 0 Å². The van der Waals surface area contributed by atoms with Crippen LogP contribution in [-0.4, -0.2) is 12.1 Å². The van der Waals surface area contributed by atoms with Crippen molar-refractivity contribution >= 4 is 5.97 Å². The lowest BCUT2D eigenvalue weighted by atomic mass is 9.56. The molecule has 2 heteroatoms. The zero-order chi connectivity index (χ0) is 13.3. The lowest BCUT2D eigenvalue weighted by molar-refractivity contribution is -0.159. The number of hydrogen-bond donors (Lipinski definition) is 0. The molecule has 2 atom stereocenters. The van der Waals surface area contributed by atoms with Crippen LogP contribution in [0.25, 0.3) is 0 Å². The summed E-state index contributed by atoms with van der Waals surface area (Å²) in [6.07, 6.45) is 4.80. The first-order valence-corrected chi connectivity index (χ1v) is 6.57. The highest BCUT2D eigenvalue weighted by molar-refractivity contribution is 5.87. The Kier molecular flexibility index (Phi) is 4.06. The standard InChI is InChI=1S/C15H26O2/c1-11(2)13(16)17-12(3)15(6)10-8-7-9-14(15,4)5/h12H,1,7-10H2,2-6H3. The van der Waals surface area contributed by atoms with Crippen LogP contribution in [0, 0.1) is 10.8 Å². The number of carbonyl (C=O) groups is 1. The van der Waals surface area contributed by atoms with Crippen LogP contribution < -0.4 is 0 Å². The monoisotopic (exact) mass is 238 g/mol. The zero-order valence-corrected chi connectivity index (χ0v) is 11.9. The lowest BCUT2D eigenvalue weighted by Crippen LogP contribution is -2.47. The summed E-state index contributed by atoms with van der Waals surface area (Å²) in [5, 5.41) is 0. The van der Waals surface area contributed by atoms with E-state index in [4.69, 9.17) is 4.74 Å². The van der Waals surface area contributed by atoms with E-state index in [-0.39, 0.29) is 22.9 Å². The van der Waals surface area contributed by atoms with E-state index < -0.39 is 0 Å². The van der Waals surface area contributed by atoms with Gasteiger partial charge in [-0.25, -0.2) is 4.79 Å². The predicted octanol–water partition coefficient (Wildman–Crippen LogP) is 4.10. The van der Waals surface area contributed by atoms with E-state index in [9.17, 15) is 4.79 Å². The summed E-state index contributed by atoms with van der Waals surface area (Å²) >= 11 is 0. The molecule has 0 spiro atoms. The Morgan fingerprint density at radius 3 is 2.24 bits per heavy atom. The van der Waals surface area contributed by atoms with Crippen molar-refractivity contribution in [3.8, 4) is 0 Å². The van der Waals surface area contributed by atoms with Gasteiger partial charge >= 0.3 is 5.97 Å². The van der Waals surface area contributed by atoms with Gasteiger partial charge in [0.25, 0.3) is 0 Å². The molecular formula is C15H26O2. The molecule has 1 rings (SSSR count). The molecule has 0 radical (unpaired) electrons. The molecule has 1 aliphatic rings. The fourth-order valence-electron chi connectivity index (χ4n) is 2.83. The Morgan fingerprint density at radius 2 is 1.76 bits per heavy atom. The van der Waals surface area contributed by atoms with Crippen LogP contribution in [0.3, 0.4) is 0 Å². The molecule has 98 valence electrons. The molecule has 0 heterocycles. The van der Waals surface area contributed by atoms with Crippen molar-refractivity contribution < 1.29 is 9.53 Å². The van der Waals surface area contributed by atoms with Crippen LogP contribution >= 0.6 is 0 Å². The molecule has 0 amide bonds. The molecule has 0 aliphatic heterocycles. The Hall–Kier alpha value is -0.790. The second-order valence-corrected chi connectivity index (χ2v) is 6.34. The second kappa shape index (κ2) is 4.83. The molecular weight excluding hydrogens is 212 g/mol. The minimum absolute atomic E-state index is 0.0537. The molecule has 1 fully saturated rings. The fourth-order valence-corrected chi connectivity index (χ4v) is 2.83. The van der Waals surface area contributed by atoms with Crippen LogP contribution in [0.15, 0.2) is 12.2 Å². The zero-order valence-electron chi connectivity index (χ0n) is 11.9. The van der Waals surface area contributed by atoms with E-state index in [0.717, 1.165) is 6.42 Å². The number of rotatable bonds is 3. The Morgan fingerprint density at radius 1 is 1.24 bits per heavy atom. The highest BCUT2D eigenvalue weighted by atomic mass is 16.5. The van der Waals surface area contributed by atoms with Gasteiger partial charge in [0, 0.05) is 11.0 Å². The maximum atomic E-state index is 11.6. The molecule has 0 aromatic rings. The van der Waals surface area contributed by atoms with Crippen LogP contribution in [0.5, 0.6) is 0 Å². The van der Waals surface area contributed by atoms with Crippen molar-refractivity contribution in [2.45, 2.75) is 66.4 Å². The van der Waals surface area contributed by atoms with Crippen molar-refractivity contribution in [2.24, 2.45) is 10.8 Å². The SMILES string of the molecule is C=C(C)C(=O)OC(C)C1(C)CCCCC1(C)C. The van der Waals surface area contributed by atoms with Crippen LogP contribution in [0.1, 0.15) is 60.3 Å². The smallest absolute Gasteiger partial charge is 0.333 e. The summed E-state index contributed by atoms with van der Waals surface area (Å²) in [7, 11) is 0. The predicted molar refractivity (Wildman–Crippen MR) is 70.7 cm³/mol. The molecule has 0 bridgehead atoms. The normalized spacial score (nSPS) is 29.5. The maximum Gasteiger partial charge on any atom is 0.333 e. The average Bonchev–Trinajstić information content (AvgIpc) is 2.22. The summed E-state index contributed by atoms with van der Waals surface area (Å²) < 4.78 is 5.55. The first kappa shape index (κ1) is 14.3. The second-order valence-electron chi connectivity index (χ2n) is 6.34. The molecule has 1 aliphatic carbocycles. The molecule has 0 aromatic carbocycles. The summed E-state index contributed by atoms with van der Waals surface area (Å²) in [4.78, 5) is 11.6. The average molecular weight is 238 g/mol. The number of ether oxygens (including phenoxy) is 1. The first-order chi connectivity index (χ1) is 7.71. The maximum absolute atomic E-state index is 11.6. The fraction of sp³-hybridized carbons (Fsp3) is 0.800. The van der Waals surface area contributed by atoms with Crippen LogP contribution in [0.2, 0.25) is 0 Å². The largest absolute Gasteiger partial charge is 0.459 e. The van der Waals surface area contributed by atoms with Crippen molar-refractivity contribution in [3.63, 3.8) is 0 Å². The number of esters is 1. The van der Waals surface area contributed by atoms with Gasteiger partial charge in [-0.05, 0) is 32.1 Å². The highest BCUT2D eigenvalue weighted by Crippen LogP contribution is 2.52. The van der Waals surface area contributed by atoms with E-state index in [1.807, 2.05) is 6.92 Å². The van der Waals surface area contributed by atoms with Gasteiger partial charge in [0.2, 0.25) is 0 Å². The third-order valence-electron chi connectivity index (χ3n) is 4.82. The summed E-state index contributed by atoms with van der Waals surface area (Å²) in [5.74, 6) is -0.264. The van der Waals surface area contributed by atoms with E-state index >= 15 is 0 Å². The molecule has 0 saturated heterocycles. The Balaban J connectivity index is 2.81. The molecule has 0 aromatic heterocycles. The van der Waals surface area contributed by atoms with Gasteiger partial charge in [-0.15, -0.1) is 0 Å². The minimum atomic E-state index is -0.264. The van der Waals surface area contributed by atoms with Gasteiger partial charge in [-0.3, -0.25) is 0 Å². The van der Waals surface area contributed by atoms with Gasteiger partial charge in [0.1, 0.15) is 6.10 Å². The Bertz CT molecular complexity index is 317. The minimum Gasteiger partial charge on any atom is -0.459 e. The lowest BCUT2D eigenvalue weighted by Gasteiger charge is -2.51. The third-order valence-corrected chi connectivity index (χ3v) is 4.82. The molecule has 1 saturated carbocycles. The first-order valence-electron chi connectivity index (χ1n) is 6.57. The van der Waals surface area contributed by atoms with Gasteiger partial charge in [-0.2, -0.15) is 0 Å². The van der Waals surface area contributed by atoms with Crippen molar-refractivity contribution in [2.75, 3.05) is 0 Å². The van der Waals surface area contributed by atoms with Crippen molar-refractivity contribution in [3.05, 3.63) is 12.2 Å². The van der Waals surface area contributed by atoms with Gasteiger partial charge in [-0.1, -0.05) is 40.2 Å². The summed E-state index contributed by atoms with van der Waals surface area (Å²) in [5.41, 5.74) is 0.769. The molecule has 0 N–H and O–H groups in total. The number of hydrogen-bond acceptors (Lipinski definition) is 2. The van der Waals surface area contributed by atoms with Crippen LogP contribution in [-0.2, 0) is 9.53 Å². The number of carbonyl (C=O) groups excluding carboxylic acids is 1. The molecule has 17 heavy (non-hydrogen) atoms. The van der Waals surface area contributed by atoms with E-state index in [1.54, 1.807) is 6.92 Å². The van der Waals surface area contributed by atoms with Gasteiger partial charge in [0.05, 0.1) is 0 Å². The molecule has 2 nitrogen and oxygen atoms in total. The van der Waals surface area contributed by atoms with Crippen LogP contribution in [0.4, 0.5) is 0 Å². The third kappa shape index (κ3) is 2.72. The summed E-state index contributed by atoms with van der Waals surface area (Å²) in [6.45, 7) is 14.2. The topological polar surface area (TPSA) is 26.3 Å². The van der Waals surface area contributed by atoms with E-state index in [1.165, 1.54) is 19.3 Å². The van der Waals surface area contributed by atoms with Gasteiger partial charge < -0.3 is 4.74 Å². The molecule has 2 unspecified atom stereocenters.